The van der Waals surface area contributed by atoms with Crippen LogP contribution >= 0.6 is 0 Å². The normalized spacial score (nSPS) is 25.3. The van der Waals surface area contributed by atoms with E-state index in [-0.39, 0.29) is 36.4 Å². The summed E-state index contributed by atoms with van der Waals surface area (Å²) in [6, 6.07) is 0.0127. The van der Waals surface area contributed by atoms with Gasteiger partial charge in [-0.25, -0.2) is 0 Å². The minimum Gasteiger partial charge on any atom is -0.409 e. The monoisotopic (exact) mass is 243 g/mol. The molecule has 1 heterocycles. The molecule has 2 unspecified atom stereocenters. The number of ether oxygens (including phenoxy) is 1. The lowest BCUT2D eigenvalue weighted by Gasteiger charge is -2.28. The number of carbonyl (C=O) groups is 1. The van der Waals surface area contributed by atoms with E-state index in [4.69, 9.17) is 15.7 Å². The fourth-order valence-electron chi connectivity index (χ4n) is 1.94. The SMILES string of the molecule is CC1CC(C(=O)N(CC(N)=NO)C(C)C)CO1. The molecule has 0 saturated carbocycles. The van der Waals surface area contributed by atoms with E-state index >= 15 is 0 Å². The molecule has 1 aliphatic heterocycles. The molecule has 0 spiro atoms. The van der Waals surface area contributed by atoms with Crippen LogP contribution in [-0.2, 0) is 9.53 Å². The quantitative estimate of drug-likeness (QED) is 0.324. The number of hydrogen-bond acceptors (Lipinski definition) is 4. The third-order valence-corrected chi connectivity index (χ3v) is 2.91. The van der Waals surface area contributed by atoms with Crippen LogP contribution in [-0.4, -0.2) is 47.1 Å². The van der Waals surface area contributed by atoms with E-state index in [9.17, 15) is 4.79 Å². The summed E-state index contributed by atoms with van der Waals surface area (Å²) in [7, 11) is 0. The summed E-state index contributed by atoms with van der Waals surface area (Å²) < 4.78 is 5.39. The van der Waals surface area contributed by atoms with Gasteiger partial charge in [0.25, 0.3) is 0 Å². The summed E-state index contributed by atoms with van der Waals surface area (Å²) in [5, 5.41) is 11.5. The number of nitrogens with zero attached hydrogens (tertiary/aromatic N) is 2. The molecule has 0 radical (unpaired) electrons. The molecule has 6 heteroatoms. The molecule has 0 aromatic heterocycles. The van der Waals surface area contributed by atoms with Crippen molar-refractivity contribution in [3.63, 3.8) is 0 Å². The van der Waals surface area contributed by atoms with Gasteiger partial charge in [0, 0.05) is 6.04 Å². The van der Waals surface area contributed by atoms with Crippen LogP contribution in [0, 0.1) is 5.92 Å². The molecule has 1 rings (SSSR count). The highest BCUT2D eigenvalue weighted by Crippen LogP contribution is 2.22. The van der Waals surface area contributed by atoms with Crippen molar-refractivity contribution in [2.45, 2.75) is 39.3 Å². The molecule has 2 atom stereocenters. The number of hydrogen-bond donors (Lipinski definition) is 2. The average Bonchev–Trinajstić information content (AvgIpc) is 2.71. The predicted octanol–water partition coefficient (Wildman–Crippen LogP) is 0.395. The van der Waals surface area contributed by atoms with E-state index in [1.807, 2.05) is 20.8 Å². The fraction of sp³-hybridized carbons (Fsp3) is 0.818. The van der Waals surface area contributed by atoms with Crippen molar-refractivity contribution in [1.82, 2.24) is 4.90 Å². The van der Waals surface area contributed by atoms with E-state index in [0.29, 0.717) is 6.61 Å². The Kier molecular flexibility index (Phi) is 4.74. The first-order chi connectivity index (χ1) is 7.95. The maximum Gasteiger partial charge on any atom is 0.228 e. The van der Waals surface area contributed by atoms with Gasteiger partial charge in [-0.2, -0.15) is 0 Å². The first-order valence-electron chi connectivity index (χ1n) is 5.84. The molecule has 1 amide bonds. The van der Waals surface area contributed by atoms with Crippen LogP contribution < -0.4 is 5.73 Å². The van der Waals surface area contributed by atoms with Crippen LogP contribution in [0.4, 0.5) is 0 Å². The number of nitrogens with two attached hydrogens (primary N) is 1. The Morgan fingerprint density at radius 3 is 2.71 bits per heavy atom. The third-order valence-electron chi connectivity index (χ3n) is 2.91. The van der Waals surface area contributed by atoms with Crippen molar-refractivity contribution < 1.29 is 14.7 Å². The predicted molar refractivity (Wildman–Crippen MR) is 63.8 cm³/mol. The Bertz CT molecular complexity index is 304. The molecule has 1 aliphatic rings. The van der Waals surface area contributed by atoms with E-state index in [2.05, 4.69) is 5.16 Å². The van der Waals surface area contributed by atoms with Gasteiger partial charge in [0.1, 0.15) is 0 Å². The van der Waals surface area contributed by atoms with Gasteiger partial charge in [0.05, 0.1) is 25.2 Å². The van der Waals surface area contributed by atoms with Crippen LogP contribution in [0.15, 0.2) is 5.16 Å². The summed E-state index contributed by atoms with van der Waals surface area (Å²) in [6.45, 7) is 6.37. The van der Waals surface area contributed by atoms with E-state index in [0.717, 1.165) is 6.42 Å². The molecule has 17 heavy (non-hydrogen) atoms. The summed E-state index contributed by atoms with van der Waals surface area (Å²) in [5.74, 6) is -0.0612. The van der Waals surface area contributed by atoms with Crippen molar-refractivity contribution in [1.29, 1.82) is 0 Å². The Balaban J connectivity index is 2.67. The minimum absolute atomic E-state index is 0.0101. The average molecular weight is 243 g/mol. The van der Waals surface area contributed by atoms with E-state index in [1.165, 1.54) is 0 Å². The van der Waals surface area contributed by atoms with Gasteiger partial charge in [-0.1, -0.05) is 5.16 Å². The molecule has 98 valence electrons. The molecule has 1 saturated heterocycles. The smallest absolute Gasteiger partial charge is 0.228 e. The van der Waals surface area contributed by atoms with Crippen LogP contribution in [0.5, 0.6) is 0 Å². The Labute approximate surface area is 101 Å². The summed E-state index contributed by atoms with van der Waals surface area (Å²) in [4.78, 5) is 13.8. The van der Waals surface area contributed by atoms with Gasteiger partial charge >= 0.3 is 0 Å². The van der Waals surface area contributed by atoms with Crippen molar-refractivity contribution in [2.24, 2.45) is 16.8 Å². The lowest BCUT2D eigenvalue weighted by Crippen LogP contribution is -2.45. The van der Waals surface area contributed by atoms with Crippen molar-refractivity contribution >= 4 is 11.7 Å². The van der Waals surface area contributed by atoms with Crippen LogP contribution in [0.1, 0.15) is 27.2 Å². The molecule has 0 aromatic rings. The molecule has 0 aromatic carbocycles. The topological polar surface area (TPSA) is 88.2 Å². The van der Waals surface area contributed by atoms with Crippen LogP contribution in [0.3, 0.4) is 0 Å². The summed E-state index contributed by atoms with van der Waals surface area (Å²) in [6.07, 6.45) is 0.861. The van der Waals surface area contributed by atoms with Crippen LogP contribution in [0.25, 0.3) is 0 Å². The van der Waals surface area contributed by atoms with E-state index < -0.39 is 0 Å². The second-order valence-electron chi connectivity index (χ2n) is 4.73. The standard InChI is InChI=1S/C11H21N3O3/c1-7(2)14(5-10(12)13-16)11(15)9-4-8(3)17-6-9/h7-9,16H,4-6H2,1-3H3,(H2,12,13). The zero-order valence-electron chi connectivity index (χ0n) is 10.6. The molecular formula is C11H21N3O3. The molecule has 0 bridgehead atoms. The largest absolute Gasteiger partial charge is 0.409 e. The highest BCUT2D eigenvalue weighted by molar-refractivity contribution is 5.88. The zero-order valence-corrected chi connectivity index (χ0v) is 10.6. The first-order valence-corrected chi connectivity index (χ1v) is 5.84. The summed E-state index contributed by atoms with van der Waals surface area (Å²) in [5.41, 5.74) is 5.45. The number of amidine groups is 1. The maximum absolute atomic E-state index is 12.2. The van der Waals surface area contributed by atoms with Gasteiger partial charge < -0.3 is 20.6 Å². The highest BCUT2D eigenvalue weighted by Gasteiger charge is 2.32. The van der Waals surface area contributed by atoms with Gasteiger partial charge in [-0.3, -0.25) is 4.79 Å². The Morgan fingerprint density at radius 2 is 2.29 bits per heavy atom. The number of rotatable bonds is 4. The van der Waals surface area contributed by atoms with Gasteiger partial charge in [-0.05, 0) is 27.2 Å². The van der Waals surface area contributed by atoms with Gasteiger partial charge in [0.15, 0.2) is 5.84 Å². The minimum atomic E-state index is -0.112. The fourth-order valence-corrected chi connectivity index (χ4v) is 1.94. The third kappa shape index (κ3) is 3.59. The first kappa shape index (κ1) is 13.8. The summed E-state index contributed by atoms with van der Waals surface area (Å²) >= 11 is 0. The molecule has 1 fully saturated rings. The number of oxime groups is 1. The number of amides is 1. The van der Waals surface area contributed by atoms with Gasteiger partial charge in [0.2, 0.25) is 5.91 Å². The second-order valence-corrected chi connectivity index (χ2v) is 4.73. The number of carbonyl (C=O) groups excluding carboxylic acids is 1. The Morgan fingerprint density at radius 1 is 1.65 bits per heavy atom. The highest BCUT2D eigenvalue weighted by atomic mass is 16.5. The zero-order chi connectivity index (χ0) is 13.0. The van der Waals surface area contributed by atoms with Crippen LogP contribution in [0.2, 0.25) is 0 Å². The molecule has 0 aliphatic carbocycles. The van der Waals surface area contributed by atoms with Crippen molar-refractivity contribution in [3.8, 4) is 0 Å². The maximum atomic E-state index is 12.2. The molecule has 3 N–H and O–H groups in total. The van der Waals surface area contributed by atoms with Crippen molar-refractivity contribution in [3.05, 3.63) is 0 Å². The van der Waals surface area contributed by atoms with Gasteiger partial charge in [-0.15, -0.1) is 0 Å². The molecular weight excluding hydrogens is 222 g/mol. The molecule has 6 nitrogen and oxygen atoms in total. The lowest BCUT2D eigenvalue weighted by molar-refractivity contribution is -0.136. The van der Waals surface area contributed by atoms with E-state index in [1.54, 1.807) is 4.90 Å². The lowest BCUT2D eigenvalue weighted by atomic mass is 10.0. The van der Waals surface area contributed by atoms with Crippen molar-refractivity contribution in [2.75, 3.05) is 13.2 Å². The second kappa shape index (κ2) is 5.86. The Hall–Kier alpha value is -1.30.